The third kappa shape index (κ3) is 9.16. The zero-order valence-electron chi connectivity index (χ0n) is 31.3. The lowest BCUT2D eigenvalue weighted by Crippen LogP contribution is -2.41. The second kappa shape index (κ2) is 17.9. The molecule has 2 aliphatic rings. The number of alkyl carbamates (subject to hydrolysis) is 1. The zero-order valence-corrected chi connectivity index (χ0v) is 32.1. The van der Waals surface area contributed by atoms with Crippen molar-refractivity contribution in [3.8, 4) is 16.8 Å². The second-order valence-corrected chi connectivity index (χ2v) is 15.0. The van der Waals surface area contributed by atoms with Crippen LogP contribution in [0.1, 0.15) is 53.1 Å². The van der Waals surface area contributed by atoms with E-state index in [1.54, 1.807) is 4.68 Å². The molecule has 0 saturated carbocycles. The van der Waals surface area contributed by atoms with Crippen LogP contribution in [0.25, 0.3) is 16.8 Å². The fraction of sp³-hybridized carbons (Fsp3) is 0.227. The van der Waals surface area contributed by atoms with Crippen LogP contribution in [0.4, 0.5) is 4.79 Å². The van der Waals surface area contributed by atoms with Gasteiger partial charge in [0, 0.05) is 17.7 Å². The molecule has 0 spiro atoms. The summed E-state index contributed by atoms with van der Waals surface area (Å²) in [5, 5.41) is 25.2. The molecular formula is C44H40N6O7S. The monoisotopic (exact) mass is 796 g/mol. The fourth-order valence-corrected chi connectivity index (χ4v) is 7.83. The number of aliphatic hydroxyl groups is 1. The number of aliphatic hydroxyl groups excluding tert-OH is 1. The van der Waals surface area contributed by atoms with E-state index in [0.29, 0.717) is 17.3 Å². The number of imide groups is 1. The minimum Gasteiger partial charge on any atom is -0.445 e. The lowest BCUT2D eigenvalue weighted by molar-refractivity contribution is -0.245. The highest BCUT2D eigenvalue weighted by Gasteiger charge is 2.40. The molecule has 294 valence electrons. The molecule has 4 atom stereocenters. The van der Waals surface area contributed by atoms with Gasteiger partial charge in [0.25, 0.3) is 5.91 Å². The number of amides is 3. The van der Waals surface area contributed by atoms with Crippen LogP contribution in [0.15, 0.2) is 139 Å². The Morgan fingerprint density at radius 1 is 0.810 bits per heavy atom. The van der Waals surface area contributed by atoms with Gasteiger partial charge in [-0.25, -0.2) is 4.79 Å². The summed E-state index contributed by atoms with van der Waals surface area (Å²) in [7, 11) is 0. The van der Waals surface area contributed by atoms with Crippen LogP contribution >= 0.6 is 11.8 Å². The lowest BCUT2D eigenvalue weighted by atomic mass is 9.99. The number of carbonyl (C=O) groups is 3. The van der Waals surface area contributed by atoms with Gasteiger partial charge in [-0.05, 0) is 62.0 Å². The van der Waals surface area contributed by atoms with Gasteiger partial charge in [-0.3, -0.25) is 14.5 Å². The maximum Gasteiger partial charge on any atom is 0.408 e. The Morgan fingerprint density at radius 3 is 2.29 bits per heavy atom. The molecule has 2 fully saturated rings. The highest BCUT2D eigenvalue weighted by atomic mass is 32.2. The van der Waals surface area contributed by atoms with E-state index < -0.39 is 24.3 Å². The van der Waals surface area contributed by atoms with Crippen molar-refractivity contribution in [3.05, 3.63) is 161 Å². The van der Waals surface area contributed by atoms with Gasteiger partial charge in [0.1, 0.15) is 12.6 Å². The number of nitrogens with zero attached hydrogens (tertiary/aromatic N) is 5. The summed E-state index contributed by atoms with van der Waals surface area (Å²) in [5.74, 6) is -0.256. The first-order valence-electron chi connectivity index (χ1n) is 18.9. The van der Waals surface area contributed by atoms with Crippen molar-refractivity contribution in [2.75, 3.05) is 5.75 Å². The minimum atomic E-state index is -0.986. The molecule has 0 radical (unpaired) electrons. The molecule has 1 unspecified atom stereocenters. The van der Waals surface area contributed by atoms with E-state index in [4.69, 9.17) is 14.2 Å². The molecule has 8 rings (SSSR count). The number of ether oxygens (including phenoxy) is 3. The van der Waals surface area contributed by atoms with Crippen molar-refractivity contribution >= 4 is 29.7 Å². The van der Waals surface area contributed by atoms with Crippen LogP contribution in [-0.4, -0.2) is 66.0 Å². The predicted octanol–water partition coefficient (Wildman–Crippen LogP) is 6.71. The summed E-state index contributed by atoms with van der Waals surface area (Å²) in [6.07, 6.45) is -1.39. The molecular weight excluding hydrogens is 757 g/mol. The number of aromatic nitrogens is 4. The van der Waals surface area contributed by atoms with E-state index >= 15 is 0 Å². The number of thioether (sulfide) groups is 1. The van der Waals surface area contributed by atoms with Crippen LogP contribution in [0.3, 0.4) is 0 Å². The highest BCUT2D eigenvalue weighted by molar-refractivity contribution is 7.99. The van der Waals surface area contributed by atoms with E-state index in [1.165, 1.54) is 16.7 Å². The maximum absolute atomic E-state index is 13.2. The van der Waals surface area contributed by atoms with E-state index in [0.717, 1.165) is 44.6 Å². The SMILES string of the molecule is O=C(NC1CC(=O)N(Cc2cccc(-c3ccc([C@H]4O[C@@H](CSc5nnnn5-c5ccccc5)C[C@@H](c5ccc(CO)cc5)O4)cc3)c2)C1=O)OCc1ccccc1. The van der Waals surface area contributed by atoms with Gasteiger partial charge in [-0.2, -0.15) is 4.68 Å². The number of hydrogen-bond acceptors (Lipinski definition) is 11. The third-order valence-electron chi connectivity index (χ3n) is 9.99. The topological polar surface area (TPSA) is 158 Å². The molecule has 13 nitrogen and oxygen atoms in total. The Morgan fingerprint density at radius 2 is 1.53 bits per heavy atom. The van der Waals surface area contributed by atoms with Crippen LogP contribution in [0, 0.1) is 0 Å². The Labute approximate surface area is 338 Å². The van der Waals surface area contributed by atoms with Crippen LogP contribution in [-0.2, 0) is 43.6 Å². The third-order valence-corrected chi connectivity index (χ3v) is 11.0. The average Bonchev–Trinajstić information content (AvgIpc) is 3.85. The number of nitrogens with one attached hydrogen (secondary N) is 1. The average molecular weight is 797 g/mol. The summed E-state index contributed by atoms with van der Waals surface area (Å²) in [6.45, 7) is 0.0880. The summed E-state index contributed by atoms with van der Waals surface area (Å²) < 4.78 is 20.1. The number of para-hydroxylation sites is 1. The first kappa shape index (κ1) is 38.7. The molecule has 14 heteroatoms. The van der Waals surface area contributed by atoms with Crippen molar-refractivity contribution in [2.24, 2.45) is 0 Å². The fourth-order valence-electron chi connectivity index (χ4n) is 6.92. The van der Waals surface area contributed by atoms with Gasteiger partial charge in [0.2, 0.25) is 11.1 Å². The van der Waals surface area contributed by atoms with Gasteiger partial charge in [0.15, 0.2) is 6.29 Å². The van der Waals surface area contributed by atoms with E-state index in [-0.39, 0.29) is 44.3 Å². The molecule has 2 aliphatic heterocycles. The van der Waals surface area contributed by atoms with Gasteiger partial charge in [-0.1, -0.05) is 127 Å². The minimum absolute atomic E-state index is 0.0391. The number of benzene rings is 5. The molecule has 2 saturated heterocycles. The van der Waals surface area contributed by atoms with Crippen molar-refractivity contribution in [2.45, 2.75) is 62.3 Å². The van der Waals surface area contributed by atoms with E-state index in [9.17, 15) is 19.5 Å². The first-order chi connectivity index (χ1) is 28.4. The summed E-state index contributed by atoms with van der Waals surface area (Å²) in [5.41, 5.74) is 6.93. The van der Waals surface area contributed by atoms with Crippen LogP contribution < -0.4 is 5.32 Å². The van der Waals surface area contributed by atoms with Gasteiger partial charge < -0.3 is 24.6 Å². The van der Waals surface area contributed by atoms with Gasteiger partial charge >= 0.3 is 6.09 Å². The van der Waals surface area contributed by atoms with Crippen molar-refractivity contribution in [3.63, 3.8) is 0 Å². The highest BCUT2D eigenvalue weighted by Crippen LogP contribution is 2.40. The number of rotatable bonds is 13. The Hall–Kier alpha value is -6.19. The molecule has 58 heavy (non-hydrogen) atoms. The van der Waals surface area contributed by atoms with Gasteiger partial charge in [-0.15, -0.1) is 5.10 Å². The molecule has 3 heterocycles. The normalized spacial score (nSPS) is 19.3. The predicted molar refractivity (Wildman–Crippen MR) is 214 cm³/mol. The summed E-state index contributed by atoms with van der Waals surface area (Å²) in [6, 6.07) is 41.3. The smallest absolute Gasteiger partial charge is 0.408 e. The van der Waals surface area contributed by atoms with Crippen LogP contribution in [0.2, 0.25) is 0 Å². The van der Waals surface area contributed by atoms with E-state index in [2.05, 4.69) is 20.8 Å². The Balaban J connectivity index is 0.928. The number of tetrazole rings is 1. The van der Waals surface area contributed by atoms with Crippen molar-refractivity contribution in [1.82, 2.24) is 30.4 Å². The van der Waals surface area contributed by atoms with Gasteiger partial charge in [0.05, 0.1) is 37.5 Å². The Bertz CT molecular complexity index is 2340. The number of hydrogen-bond donors (Lipinski definition) is 2. The summed E-state index contributed by atoms with van der Waals surface area (Å²) >= 11 is 1.52. The first-order valence-corrected chi connectivity index (χ1v) is 19.9. The number of carbonyl (C=O) groups excluding carboxylic acids is 3. The molecule has 0 bridgehead atoms. The number of likely N-dealkylation sites (tertiary alicyclic amines) is 1. The molecule has 5 aromatic carbocycles. The summed E-state index contributed by atoms with van der Waals surface area (Å²) in [4.78, 5) is 39.7. The molecule has 2 N–H and O–H groups in total. The lowest BCUT2D eigenvalue weighted by Gasteiger charge is -2.36. The maximum atomic E-state index is 13.2. The molecule has 6 aromatic rings. The zero-order chi connectivity index (χ0) is 39.8. The van der Waals surface area contributed by atoms with Crippen LogP contribution in [0.5, 0.6) is 0 Å². The second-order valence-electron chi connectivity index (χ2n) is 14.0. The van der Waals surface area contributed by atoms with E-state index in [1.807, 2.05) is 133 Å². The largest absolute Gasteiger partial charge is 0.445 e. The molecule has 1 aromatic heterocycles. The van der Waals surface area contributed by atoms with Crippen molar-refractivity contribution < 1.29 is 33.7 Å². The Kier molecular flexibility index (Phi) is 12.0. The standard InChI is InChI=1S/C44H40N6O7S/c51-26-29-14-16-33(17-15-29)39-23-37(28-58-43-46-47-48-50(43)36-12-5-2-6-13-36)56-42(57-39)34-20-18-32(19-21-34)35-11-7-10-31(22-35)25-49-40(52)24-38(41(49)53)45-44(54)55-27-30-8-3-1-4-9-30/h1-22,37-39,42,51H,23-28H2,(H,45,54)/t37-,38?,39+,42+/m1/s1. The molecule has 3 amide bonds. The quantitative estimate of drug-likeness (QED) is 0.0945. The molecule has 0 aliphatic carbocycles. The van der Waals surface area contributed by atoms with Crippen molar-refractivity contribution in [1.29, 1.82) is 0 Å².